The molecule has 3 rings (SSSR count). The number of nitrogens with two attached hydrogens (primary N) is 1. The Kier molecular flexibility index (Phi) is 6.45. The number of carbonyl (C=O) groups is 1. The van der Waals surface area contributed by atoms with Gasteiger partial charge in [-0.1, -0.05) is 49.6 Å². The van der Waals surface area contributed by atoms with Crippen LogP contribution in [-0.2, 0) is 15.1 Å². The minimum absolute atomic E-state index is 0. The molecule has 4 nitrogen and oxygen atoms in total. The third-order valence-electron chi connectivity index (χ3n) is 5.06. The van der Waals surface area contributed by atoms with Gasteiger partial charge >= 0.3 is 0 Å². The number of hydrogen-bond donors (Lipinski definition) is 2. The Morgan fingerprint density at radius 2 is 1.87 bits per heavy atom. The Morgan fingerprint density at radius 3 is 2.48 bits per heavy atom. The number of nitrogens with one attached hydrogen (secondary N) is 1. The number of amides is 1. The van der Waals surface area contributed by atoms with Gasteiger partial charge in [-0.15, -0.1) is 12.4 Å². The van der Waals surface area contributed by atoms with Crippen LogP contribution in [0, 0.1) is 0 Å². The largest absolute Gasteiger partial charge is 0.364 e. The molecule has 23 heavy (non-hydrogen) atoms. The van der Waals surface area contributed by atoms with Gasteiger partial charge in [0.2, 0.25) is 5.91 Å². The molecular formula is C18H27ClN2O2. The van der Waals surface area contributed by atoms with Crippen molar-refractivity contribution in [2.75, 3.05) is 6.54 Å². The van der Waals surface area contributed by atoms with Gasteiger partial charge in [-0.2, -0.15) is 0 Å². The summed E-state index contributed by atoms with van der Waals surface area (Å²) in [6.07, 6.45) is 6.94. The molecular weight excluding hydrogens is 312 g/mol. The SMILES string of the molecule is Cl.NC[C@H]1CC[C@@H](C(=O)NC2(c3ccccc3)CCCCC2)O1. The molecule has 1 saturated heterocycles. The Balaban J connectivity index is 0.00000192. The van der Waals surface area contributed by atoms with Crippen LogP contribution in [0.5, 0.6) is 0 Å². The Morgan fingerprint density at radius 1 is 1.17 bits per heavy atom. The number of benzene rings is 1. The second-order valence-electron chi connectivity index (χ2n) is 6.56. The topological polar surface area (TPSA) is 64.4 Å². The number of hydrogen-bond acceptors (Lipinski definition) is 3. The zero-order valence-corrected chi connectivity index (χ0v) is 14.3. The quantitative estimate of drug-likeness (QED) is 0.887. The molecule has 0 bridgehead atoms. The first-order valence-electron chi connectivity index (χ1n) is 8.46. The molecule has 1 amide bonds. The third-order valence-corrected chi connectivity index (χ3v) is 5.06. The van der Waals surface area contributed by atoms with Crippen LogP contribution in [0.25, 0.3) is 0 Å². The molecule has 5 heteroatoms. The van der Waals surface area contributed by atoms with Crippen LogP contribution in [0.2, 0.25) is 0 Å². The van der Waals surface area contributed by atoms with Crippen molar-refractivity contribution >= 4 is 18.3 Å². The highest BCUT2D eigenvalue weighted by atomic mass is 35.5. The average molecular weight is 339 g/mol. The lowest BCUT2D eigenvalue weighted by Gasteiger charge is -2.39. The van der Waals surface area contributed by atoms with Crippen LogP contribution in [-0.4, -0.2) is 24.7 Å². The molecule has 1 aliphatic heterocycles. The lowest BCUT2D eigenvalue weighted by atomic mass is 9.76. The fourth-order valence-electron chi connectivity index (χ4n) is 3.79. The van der Waals surface area contributed by atoms with Crippen molar-refractivity contribution in [1.82, 2.24) is 5.32 Å². The van der Waals surface area contributed by atoms with E-state index in [-0.39, 0.29) is 36.1 Å². The molecule has 1 saturated carbocycles. The van der Waals surface area contributed by atoms with Crippen molar-refractivity contribution in [3.8, 4) is 0 Å². The van der Waals surface area contributed by atoms with E-state index in [1.165, 1.54) is 12.0 Å². The fourth-order valence-corrected chi connectivity index (χ4v) is 3.79. The van der Waals surface area contributed by atoms with E-state index in [2.05, 4.69) is 17.4 Å². The zero-order chi connectivity index (χ0) is 15.4. The third kappa shape index (κ3) is 4.06. The summed E-state index contributed by atoms with van der Waals surface area (Å²) < 4.78 is 5.76. The molecule has 1 aliphatic carbocycles. The van der Waals surface area contributed by atoms with Crippen LogP contribution >= 0.6 is 12.4 Å². The van der Waals surface area contributed by atoms with Crippen LogP contribution in [0.1, 0.15) is 50.5 Å². The molecule has 3 N–H and O–H groups in total. The van der Waals surface area contributed by atoms with Crippen LogP contribution in [0.4, 0.5) is 0 Å². The summed E-state index contributed by atoms with van der Waals surface area (Å²) in [7, 11) is 0. The first-order chi connectivity index (χ1) is 10.7. The van der Waals surface area contributed by atoms with Gasteiger partial charge in [0.15, 0.2) is 0 Å². The minimum atomic E-state index is -0.337. The normalized spacial score (nSPS) is 26.3. The van der Waals surface area contributed by atoms with Gasteiger partial charge in [0, 0.05) is 6.54 Å². The molecule has 2 fully saturated rings. The second-order valence-corrected chi connectivity index (χ2v) is 6.56. The zero-order valence-electron chi connectivity index (χ0n) is 13.5. The Labute approximate surface area is 144 Å². The van der Waals surface area contributed by atoms with Crippen molar-refractivity contribution in [3.63, 3.8) is 0 Å². The van der Waals surface area contributed by atoms with Gasteiger partial charge in [-0.05, 0) is 31.2 Å². The second kappa shape index (κ2) is 8.13. The molecule has 0 aromatic heterocycles. The highest BCUT2D eigenvalue weighted by Crippen LogP contribution is 2.37. The van der Waals surface area contributed by atoms with E-state index in [4.69, 9.17) is 10.5 Å². The maximum Gasteiger partial charge on any atom is 0.249 e. The van der Waals surface area contributed by atoms with E-state index in [1.54, 1.807) is 0 Å². The molecule has 1 heterocycles. The van der Waals surface area contributed by atoms with E-state index < -0.39 is 0 Å². The maximum absolute atomic E-state index is 12.7. The van der Waals surface area contributed by atoms with E-state index >= 15 is 0 Å². The van der Waals surface area contributed by atoms with Gasteiger partial charge in [0.1, 0.15) is 6.10 Å². The van der Waals surface area contributed by atoms with Crippen LogP contribution in [0.3, 0.4) is 0 Å². The van der Waals surface area contributed by atoms with Gasteiger partial charge < -0.3 is 15.8 Å². The van der Waals surface area contributed by atoms with Crippen molar-refractivity contribution in [3.05, 3.63) is 35.9 Å². The summed E-state index contributed by atoms with van der Waals surface area (Å²) in [4.78, 5) is 12.7. The Hall–Kier alpha value is -1.10. The van der Waals surface area contributed by atoms with Gasteiger partial charge in [-0.3, -0.25) is 4.79 Å². The standard InChI is InChI=1S/C18H26N2O2.ClH/c19-13-15-9-10-16(22-15)17(21)20-18(11-5-2-6-12-18)14-7-3-1-4-8-14;/h1,3-4,7-8,15-16H,2,5-6,9-13,19H2,(H,20,21);1H/t15-,16+;/m1./s1. The van der Waals surface area contributed by atoms with E-state index in [0.29, 0.717) is 6.54 Å². The number of rotatable bonds is 4. The molecule has 2 aliphatic rings. The number of carbonyl (C=O) groups excluding carboxylic acids is 1. The summed E-state index contributed by atoms with van der Waals surface area (Å²) in [5.41, 5.74) is 6.64. The van der Waals surface area contributed by atoms with Crippen molar-refractivity contribution in [2.24, 2.45) is 5.73 Å². The molecule has 0 radical (unpaired) electrons. The summed E-state index contributed by atoms with van der Waals surface area (Å²) in [5.74, 6) is 0.0294. The lowest BCUT2D eigenvalue weighted by Crippen LogP contribution is -2.50. The first-order valence-corrected chi connectivity index (χ1v) is 8.46. The lowest BCUT2D eigenvalue weighted by molar-refractivity contribution is -0.134. The summed E-state index contributed by atoms with van der Waals surface area (Å²) in [5, 5.41) is 3.33. The highest BCUT2D eigenvalue weighted by Gasteiger charge is 2.38. The van der Waals surface area contributed by atoms with E-state index in [1.807, 2.05) is 18.2 Å². The molecule has 1 aromatic rings. The predicted octanol–water partition coefficient (Wildman–Crippen LogP) is 2.89. The summed E-state index contributed by atoms with van der Waals surface area (Å²) >= 11 is 0. The summed E-state index contributed by atoms with van der Waals surface area (Å²) in [6, 6.07) is 10.4. The maximum atomic E-state index is 12.7. The van der Waals surface area contributed by atoms with E-state index in [9.17, 15) is 4.79 Å². The fraction of sp³-hybridized carbons (Fsp3) is 0.611. The van der Waals surface area contributed by atoms with Crippen LogP contribution in [0.15, 0.2) is 30.3 Å². The first kappa shape index (κ1) is 18.2. The molecule has 1 aromatic carbocycles. The van der Waals surface area contributed by atoms with E-state index in [0.717, 1.165) is 38.5 Å². The smallest absolute Gasteiger partial charge is 0.249 e. The molecule has 128 valence electrons. The van der Waals surface area contributed by atoms with Crippen molar-refractivity contribution < 1.29 is 9.53 Å². The summed E-state index contributed by atoms with van der Waals surface area (Å²) in [6.45, 7) is 0.494. The monoisotopic (exact) mass is 338 g/mol. The average Bonchev–Trinajstić information content (AvgIpc) is 3.06. The highest BCUT2D eigenvalue weighted by molar-refractivity contribution is 5.85. The predicted molar refractivity (Wildman–Crippen MR) is 93.5 cm³/mol. The minimum Gasteiger partial charge on any atom is -0.364 e. The molecule has 0 unspecified atom stereocenters. The number of ether oxygens (including phenoxy) is 1. The van der Waals surface area contributed by atoms with Gasteiger partial charge in [0.25, 0.3) is 0 Å². The Bertz CT molecular complexity index is 503. The van der Waals surface area contributed by atoms with Crippen molar-refractivity contribution in [2.45, 2.75) is 62.7 Å². The van der Waals surface area contributed by atoms with Gasteiger partial charge in [0.05, 0.1) is 11.6 Å². The molecule has 2 atom stereocenters. The van der Waals surface area contributed by atoms with Crippen LogP contribution < -0.4 is 11.1 Å². The van der Waals surface area contributed by atoms with Crippen molar-refractivity contribution in [1.29, 1.82) is 0 Å². The van der Waals surface area contributed by atoms with Gasteiger partial charge in [-0.25, -0.2) is 0 Å². The number of halogens is 1. The molecule has 0 spiro atoms.